The molecule has 4 heteroatoms. The van der Waals surface area contributed by atoms with Gasteiger partial charge in [0.1, 0.15) is 5.78 Å². The van der Waals surface area contributed by atoms with E-state index in [0.29, 0.717) is 18.6 Å². The molecule has 2 aliphatic rings. The van der Waals surface area contributed by atoms with Crippen molar-refractivity contribution in [1.82, 2.24) is 0 Å². The zero-order valence-corrected chi connectivity index (χ0v) is 12.7. The lowest BCUT2D eigenvalue weighted by atomic mass is 9.69. The molecule has 1 aliphatic carbocycles. The third-order valence-corrected chi connectivity index (χ3v) is 4.88. The molecule has 1 aromatic carbocycles. The molecule has 1 aromatic rings. The van der Waals surface area contributed by atoms with Crippen LogP contribution in [0.4, 0.5) is 0 Å². The molecule has 0 saturated heterocycles. The molecule has 0 spiro atoms. The minimum Gasteiger partial charge on any atom is -0.448 e. The molecular weight excluding hydrogens is 308 g/mol. The van der Waals surface area contributed by atoms with Gasteiger partial charge in [0.2, 0.25) is 0 Å². The van der Waals surface area contributed by atoms with E-state index in [-0.39, 0.29) is 5.41 Å². The van der Waals surface area contributed by atoms with Crippen molar-refractivity contribution in [3.05, 3.63) is 22.7 Å². The SMILES string of the molecule is C[C@@]1([C@@]2(C)Oc3ccc(Br)cc3O2)CCCC(=O)C1. The van der Waals surface area contributed by atoms with Gasteiger partial charge >= 0.3 is 0 Å². The van der Waals surface area contributed by atoms with Gasteiger partial charge in [0.15, 0.2) is 11.5 Å². The van der Waals surface area contributed by atoms with Crippen molar-refractivity contribution in [1.29, 1.82) is 0 Å². The summed E-state index contributed by atoms with van der Waals surface area (Å²) in [5, 5.41) is 0. The average molecular weight is 325 g/mol. The largest absolute Gasteiger partial charge is 0.448 e. The van der Waals surface area contributed by atoms with Crippen molar-refractivity contribution >= 4 is 21.7 Å². The van der Waals surface area contributed by atoms with E-state index >= 15 is 0 Å². The predicted octanol–water partition coefficient (Wildman–Crippen LogP) is 4.09. The third-order valence-electron chi connectivity index (χ3n) is 4.38. The molecule has 0 bridgehead atoms. The van der Waals surface area contributed by atoms with E-state index in [0.717, 1.165) is 28.8 Å². The van der Waals surface area contributed by atoms with E-state index in [4.69, 9.17) is 9.47 Å². The number of carbonyl (C=O) groups excluding carboxylic acids is 1. The van der Waals surface area contributed by atoms with E-state index in [9.17, 15) is 4.79 Å². The van der Waals surface area contributed by atoms with Crippen LogP contribution in [0.1, 0.15) is 39.5 Å². The van der Waals surface area contributed by atoms with E-state index in [1.165, 1.54) is 0 Å². The van der Waals surface area contributed by atoms with Crippen LogP contribution >= 0.6 is 15.9 Å². The molecule has 1 fully saturated rings. The fourth-order valence-electron chi connectivity index (χ4n) is 3.01. The van der Waals surface area contributed by atoms with Crippen LogP contribution in [0.15, 0.2) is 22.7 Å². The van der Waals surface area contributed by atoms with E-state index in [2.05, 4.69) is 22.9 Å². The zero-order valence-electron chi connectivity index (χ0n) is 11.2. The Bertz CT molecular complexity index is 542. The van der Waals surface area contributed by atoms with Crippen molar-refractivity contribution in [2.24, 2.45) is 5.41 Å². The van der Waals surface area contributed by atoms with Gasteiger partial charge in [0, 0.05) is 24.2 Å². The number of hydrogen-bond donors (Lipinski definition) is 0. The smallest absolute Gasteiger partial charge is 0.254 e. The highest BCUT2D eigenvalue weighted by molar-refractivity contribution is 9.10. The summed E-state index contributed by atoms with van der Waals surface area (Å²) in [5.41, 5.74) is -0.270. The van der Waals surface area contributed by atoms with E-state index in [1.807, 2.05) is 25.1 Å². The second-order valence-electron chi connectivity index (χ2n) is 5.87. The van der Waals surface area contributed by atoms with Gasteiger partial charge in [-0.05, 0) is 31.0 Å². The number of Topliss-reactive ketones (excluding diaryl/α,β-unsaturated/α-hetero) is 1. The predicted molar refractivity (Wildman–Crippen MR) is 75.4 cm³/mol. The lowest BCUT2D eigenvalue weighted by Crippen LogP contribution is -2.53. The summed E-state index contributed by atoms with van der Waals surface area (Å²) in [6, 6.07) is 5.75. The first-order valence-corrected chi connectivity index (χ1v) is 7.40. The molecule has 1 aliphatic heterocycles. The molecule has 1 saturated carbocycles. The number of fused-ring (bicyclic) bond motifs is 1. The second-order valence-corrected chi connectivity index (χ2v) is 6.79. The van der Waals surface area contributed by atoms with Gasteiger partial charge in [-0.15, -0.1) is 0 Å². The molecule has 0 N–H and O–H groups in total. The second kappa shape index (κ2) is 4.23. The van der Waals surface area contributed by atoms with Crippen molar-refractivity contribution in [2.75, 3.05) is 0 Å². The van der Waals surface area contributed by atoms with E-state index in [1.54, 1.807) is 0 Å². The van der Waals surface area contributed by atoms with E-state index < -0.39 is 5.79 Å². The van der Waals surface area contributed by atoms with Crippen LogP contribution in [0.5, 0.6) is 11.5 Å². The topological polar surface area (TPSA) is 35.5 Å². The van der Waals surface area contributed by atoms with Gasteiger partial charge in [0.25, 0.3) is 5.79 Å². The molecule has 0 unspecified atom stereocenters. The Balaban J connectivity index is 1.92. The molecule has 0 radical (unpaired) electrons. The Kier molecular flexibility index (Phi) is 2.89. The van der Waals surface area contributed by atoms with Gasteiger partial charge in [0.05, 0.1) is 5.41 Å². The number of halogens is 1. The summed E-state index contributed by atoms with van der Waals surface area (Å²) in [7, 11) is 0. The number of carbonyl (C=O) groups is 1. The first-order chi connectivity index (χ1) is 8.92. The van der Waals surface area contributed by atoms with Crippen molar-refractivity contribution in [3.63, 3.8) is 0 Å². The lowest BCUT2D eigenvalue weighted by Gasteiger charge is -2.43. The van der Waals surface area contributed by atoms with Crippen LogP contribution in [0.2, 0.25) is 0 Å². The highest BCUT2D eigenvalue weighted by Gasteiger charge is 2.54. The van der Waals surface area contributed by atoms with Gasteiger partial charge < -0.3 is 9.47 Å². The molecule has 102 valence electrons. The molecule has 3 nitrogen and oxygen atoms in total. The number of ether oxygens (including phenoxy) is 2. The van der Waals surface area contributed by atoms with Crippen LogP contribution in [-0.4, -0.2) is 11.6 Å². The zero-order chi connectivity index (χ0) is 13.7. The maximum atomic E-state index is 11.8. The summed E-state index contributed by atoms with van der Waals surface area (Å²) in [4.78, 5) is 11.8. The summed E-state index contributed by atoms with van der Waals surface area (Å²) >= 11 is 3.43. The van der Waals surface area contributed by atoms with Crippen LogP contribution in [0.3, 0.4) is 0 Å². The minimum absolute atomic E-state index is 0.270. The Morgan fingerprint density at radius 1 is 1.21 bits per heavy atom. The maximum Gasteiger partial charge on any atom is 0.254 e. The Labute approximate surface area is 121 Å². The van der Waals surface area contributed by atoms with Crippen LogP contribution in [-0.2, 0) is 4.79 Å². The molecule has 0 aromatic heterocycles. The van der Waals surface area contributed by atoms with Gasteiger partial charge in [-0.2, -0.15) is 0 Å². The van der Waals surface area contributed by atoms with Crippen molar-refractivity contribution in [2.45, 2.75) is 45.3 Å². The summed E-state index contributed by atoms with van der Waals surface area (Å²) in [6.07, 6.45) is 3.07. The Morgan fingerprint density at radius 2 is 1.95 bits per heavy atom. The highest BCUT2D eigenvalue weighted by atomic mass is 79.9. The summed E-state index contributed by atoms with van der Waals surface area (Å²) < 4.78 is 13.1. The lowest BCUT2D eigenvalue weighted by molar-refractivity contribution is -0.174. The summed E-state index contributed by atoms with van der Waals surface area (Å²) in [5.74, 6) is 1.05. The fraction of sp³-hybridized carbons (Fsp3) is 0.533. The van der Waals surface area contributed by atoms with Gasteiger partial charge in [-0.3, -0.25) is 4.79 Å². The van der Waals surface area contributed by atoms with Gasteiger partial charge in [-0.1, -0.05) is 22.9 Å². The third kappa shape index (κ3) is 2.06. The molecule has 2 atom stereocenters. The average Bonchev–Trinajstić information content (AvgIpc) is 2.66. The monoisotopic (exact) mass is 324 g/mol. The van der Waals surface area contributed by atoms with Crippen LogP contribution in [0, 0.1) is 5.41 Å². The summed E-state index contributed by atoms with van der Waals surface area (Å²) in [6.45, 7) is 4.03. The molecule has 1 heterocycles. The molecule has 19 heavy (non-hydrogen) atoms. The van der Waals surface area contributed by atoms with Gasteiger partial charge in [-0.25, -0.2) is 0 Å². The first kappa shape index (κ1) is 13.0. The molecule has 3 rings (SSSR count). The Hall–Kier alpha value is -1.03. The normalized spacial score (nSPS) is 33.5. The first-order valence-electron chi connectivity index (χ1n) is 6.61. The number of hydrogen-bond acceptors (Lipinski definition) is 3. The standard InChI is InChI=1S/C15H17BrO3/c1-14(7-3-4-11(17)9-14)15(2)18-12-6-5-10(16)8-13(12)19-15/h5-6,8H,3-4,7,9H2,1-2H3/t14-,15+/m1/s1. The number of ketones is 1. The van der Waals surface area contributed by atoms with Crippen LogP contribution in [0.25, 0.3) is 0 Å². The maximum absolute atomic E-state index is 11.8. The van der Waals surface area contributed by atoms with Crippen molar-refractivity contribution < 1.29 is 14.3 Å². The highest BCUT2D eigenvalue weighted by Crippen LogP contribution is 2.52. The molecule has 0 amide bonds. The number of rotatable bonds is 1. The minimum atomic E-state index is -0.758. The fourth-order valence-corrected chi connectivity index (χ4v) is 3.35. The quantitative estimate of drug-likeness (QED) is 0.780. The van der Waals surface area contributed by atoms with Crippen molar-refractivity contribution in [3.8, 4) is 11.5 Å². The number of benzene rings is 1. The van der Waals surface area contributed by atoms with Crippen LogP contribution < -0.4 is 9.47 Å². The Morgan fingerprint density at radius 3 is 2.68 bits per heavy atom. The molecular formula is C15H17BrO3.